The second-order valence-electron chi connectivity index (χ2n) is 5.33. The topological polar surface area (TPSA) is 27.1 Å². The summed E-state index contributed by atoms with van der Waals surface area (Å²) in [5.74, 6) is 2.44. The largest absolute Gasteiger partial charge is 0.497 e. The molecule has 0 aliphatic carbocycles. The number of aromatic nitrogens is 2. The van der Waals surface area contributed by atoms with Gasteiger partial charge in [-0.15, -0.1) is 11.6 Å². The number of alkyl halides is 1. The fourth-order valence-corrected chi connectivity index (χ4v) is 2.41. The molecule has 0 aliphatic heterocycles. The second kappa shape index (κ2) is 4.81. The van der Waals surface area contributed by atoms with Gasteiger partial charge in [0.15, 0.2) is 0 Å². The average molecular weight is 267 g/mol. The van der Waals surface area contributed by atoms with Gasteiger partial charge in [0.2, 0.25) is 0 Å². The van der Waals surface area contributed by atoms with E-state index in [0.717, 1.165) is 29.0 Å². The van der Waals surface area contributed by atoms with Crippen molar-refractivity contribution in [2.24, 2.45) is 0 Å². The zero-order chi connectivity index (χ0) is 13.3. The van der Waals surface area contributed by atoms with Gasteiger partial charge < -0.3 is 9.30 Å². The van der Waals surface area contributed by atoms with Crippen molar-refractivity contribution >= 4 is 22.6 Å². The molecule has 0 N–H and O–H groups in total. The highest BCUT2D eigenvalue weighted by Gasteiger charge is 2.21. The molecular weight excluding hydrogens is 248 g/mol. The summed E-state index contributed by atoms with van der Waals surface area (Å²) in [5, 5.41) is 0. The quantitative estimate of drug-likeness (QED) is 0.794. The normalized spacial score (nSPS) is 12.1. The van der Waals surface area contributed by atoms with Crippen LogP contribution in [0.2, 0.25) is 0 Å². The minimum absolute atomic E-state index is 0.00920. The standard InChI is InChI=1S/C14H19ClN2O/c1-14(2,3)17-12-6-5-10(18-4)9-11(12)16-13(17)7-8-15/h5-6,9H,7-8H2,1-4H3. The third-order valence-electron chi connectivity index (χ3n) is 2.92. The number of benzene rings is 1. The van der Waals surface area contributed by atoms with E-state index in [1.54, 1.807) is 7.11 Å². The number of hydrogen-bond acceptors (Lipinski definition) is 2. The molecule has 2 aromatic rings. The van der Waals surface area contributed by atoms with Gasteiger partial charge in [0, 0.05) is 23.9 Å². The van der Waals surface area contributed by atoms with Gasteiger partial charge in [-0.05, 0) is 32.9 Å². The van der Waals surface area contributed by atoms with Crippen molar-refractivity contribution < 1.29 is 4.74 Å². The second-order valence-corrected chi connectivity index (χ2v) is 5.71. The molecule has 0 fully saturated rings. The maximum absolute atomic E-state index is 5.87. The average Bonchev–Trinajstić information content (AvgIpc) is 2.65. The molecule has 2 rings (SSSR count). The van der Waals surface area contributed by atoms with Gasteiger partial charge >= 0.3 is 0 Å². The SMILES string of the molecule is COc1ccc2c(c1)nc(CCCl)n2C(C)(C)C. The van der Waals surface area contributed by atoms with Crippen LogP contribution in [0.15, 0.2) is 18.2 Å². The van der Waals surface area contributed by atoms with E-state index in [2.05, 4.69) is 36.4 Å². The molecule has 0 atom stereocenters. The summed E-state index contributed by atoms with van der Waals surface area (Å²) in [6.45, 7) is 6.53. The molecule has 0 bridgehead atoms. The fourth-order valence-electron chi connectivity index (χ4n) is 2.24. The van der Waals surface area contributed by atoms with Gasteiger partial charge in [0.05, 0.1) is 18.1 Å². The first-order valence-corrected chi connectivity index (χ1v) is 6.62. The van der Waals surface area contributed by atoms with Gasteiger partial charge in [-0.3, -0.25) is 0 Å². The fraction of sp³-hybridized carbons (Fsp3) is 0.500. The molecular formula is C14H19ClN2O. The Kier molecular flexibility index (Phi) is 3.53. The summed E-state index contributed by atoms with van der Waals surface area (Å²) in [7, 11) is 1.67. The van der Waals surface area contributed by atoms with Crippen LogP contribution >= 0.6 is 11.6 Å². The maximum Gasteiger partial charge on any atom is 0.121 e. The molecule has 18 heavy (non-hydrogen) atoms. The van der Waals surface area contributed by atoms with Crippen LogP contribution < -0.4 is 4.74 Å². The Labute approximate surface area is 113 Å². The third-order valence-corrected chi connectivity index (χ3v) is 3.11. The lowest BCUT2D eigenvalue weighted by atomic mass is 10.1. The van der Waals surface area contributed by atoms with E-state index in [4.69, 9.17) is 16.3 Å². The number of imidazole rings is 1. The molecule has 0 unspecified atom stereocenters. The van der Waals surface area contributed by atoms with Crippen LogP contribution in [0.4, 0.5) is 0 Å². The van der Waals surface area contributed by atoms with Crippen molar-refractivity contribution in [2.75, 3.05) is 13.0 Å². The first kappa shape index (κ1) is 13.2. The minimum Gasteiger partial charge on any atom is -0.497 e. The number of aryl methyl sites for hydroxylation is 1. The highest BCUT2D eigenvalue weighted by molar-refractivity contribution is 6.17. The van der Waals surface area contributed by atoms with Gasteiger partial charge in [-0.25, -0.2) is 4.98 Å². The van der Waals surface area contributed by atoms with E-state index in [0.29, 0.717) is 5.88 Å². The number of fused-ring (bicyclic) bond motifs is 1. The summed E-state index contributed by atoms with van der Waals surface area (Å²) >= 11 is 5.87. The molecule has 0 spiro atoms. The lowest BCUT2D eigenvalue weighted by molar-refractivity contribution is 0.395. The molecule has 0 saturated heterocycles. The number of hydrogen-bond donors (Lipinski definition) is 0. The summed E-state index contributed by atoms with van der Waals surface area (Å²) in [5.41, 5.74) is 2.08. The van der Waals surface area contributed by atoms with Crippen LogP contribution in [-0.4, -0.2) is 22.5 Å². The smallest absolute Gasteiger partial charge is 0.121 e. The zero-order valence-electron chi connectivity index (χ0n) is 11.3. The van der Waals surface area contributed by atoms with E-state index in [1.807, 2.05) is 12.1 Å². The molecule has 1 aromatic heterocycles. The van der Waals surface area contributed by atoms with Crippen molar-refractivity contribution in [1.29, 1.82) is 0 Å². The molecule has 1 aromatic carbocycles. The predicted molar refractivity (Wildman–Crippen MR) is 75.7 cm³/mol. The Morgan fingerprint density at radius 3 is 2.61 bits per heavy atom. The van der Waals surface area contributed by atoms with Crippen molar-refractivity contribution in [2.45, 2.75) is 32.7 Å². The number of nitrogens with zero attached hydrogens (tertiary/aromatic N) is 2. The van der Waals surface area contributed by atoms with Crippen LogP contribution in [0.1, 0.15) is 26.6 Å². The number of halogens is 1. The van der Waals surface area contributed by atoms with Gasteiger partial charge in [0.1, 0.15) is 11.6 Å². The summed E-state index contributed by atoms with van der Waals surface area (Å²) in [6.07, 6.45) is 0.774. The van der Waals surface area contributed by atoms with Crippen molar-refractivity contribution in [1.82, 2.24) is 9.55 Å². The summed E-state index contributed by atoms with van der Waals surface area (Å²) in [4.78, 5) is 4.68. The molecule has 3 nitrogen and oxygen atoms in total. The summed E-state index contributed by atoms with van der Waals surface area (Å²) in [6, 6.07) is 6.00. The number of rotatable bonds is 3. The molecule has 4 heteroatoms. The Bertz CT molecular complexity index is 555. The van der Waals surface area contributed by atoms with E-state index in [9.17, 15) is 0 Å². The van der Waals surface area contributed by atoms with E-state index in [1.165, 1.54) is 0 Å². The molecule has 0 amide bonds. The van der Waals surface area contributed by atoms with Crippen LogP contribution in [-0.2, 0) is 12.0 Å². The van der Waals surface area contributed by atoms with Gasteiger partial charge in [-0.2, -0.15) is 0 Å². The molecule has 0 aliphatic rings. The van der Waals surface area contributed by atoms with E-state index >= 15 is 0 Å². The third kappa shape index (κ3) is 2.32. The molecule has 1 heterocycles. The van der Waals surface area contributed by atoms with E-state index in [-0.39, 0.29) is 5.54 Å². The highest BCUT2D eigenvalue weighted by Crippen LogP contribution is 2.28. The lowest BCUT2D eigenvalue weighted by Gasteiger charge is -2.24. The molecule has 98 valence electrons. The van der Waals surface area contributed by atoms with Crippen LogP contribution in [0.3, 0.4) is 0 Å². The first-order valence-electron chi connectivity index (χ1n) is 6.09. The van der Waals surface area contributed by atoms with E-state index < -0.39 is 0 Å². The van der Waals surface area contributed by atoms with Crippen LogP contribution in [0, 0.1) is 0 Å². The van der Waals surface area contributed by atoms with Crippen LogP contribution in [0.5, 0.6) is 5.75 Å². The summed E-state index contributed by atoms with van der Waals surface area (Å²) < 4.78 is 7.50. The predicted octanol–water partition coefficient (Wildman–Crippen LogP) is 3.58. The Hall–Kier alpha value is -1.22. The van der Waals surface area contributed by atoms with Gasteiger partial charge in [-0.1, -0.05) is 0 Å². The van der Waals surface area contributed by atoms with Gasteiger partial charge in [0.25, 0.3) is 0 Å². The van der Waals surface area contributed by atoms with Crippen molar-refractivity contribution in [3.05, 3.63) is 24.0 Å². The molecule has 0 saturated carbocycles. The van der Waals surface area contributed by atoms with Crippen LogP contribution in [0.25, 0.3) is 11.0 Å². The molecule has 0 radical (unpaired) electrons. The number of methoxy groups -OCH3 is 1. The van der Waals surface area contributed by atoms with Crippen molar-refractivity contribution in [3.8, 4) is 5.75 Å². The number of ether oxygens (including phenoxy) is 1. The monoisotopic (exact) mass is 266 g/mol. The van der Waals surface area contributed by atoms with Crippen molar-refractivity contribution in [3.63, 3.8) is 0 Å². The highest BCUT2D eigenvalue weighted by atomic mass is 35.5. The zero-order valence-corrected chi connectivity index (χ0v) is 12.1. The minimum atomic E-state index is -0.00920. The maximum atomic E-state index is 5.87. The Morgan fingerprint density at radius 2 is 2.06 bits per heavy atom. The first-order chi connectivity index (χ1) is 8.47. The Morgan fingerprint density at radius 1 is 1.33 bits per heavy atom. The Balaban J connectivity index is 2.67. The lowest BCUT2D eigenvalue weighted by Crippen LogP contribution is -2.24.